The van der Waals surface area contributed by atoms with Crippen LogP contribution in [0.3, 0.4) is 0 Å². The van der Waals surface area contributed by atoms with Gasteiger partial charge in [-0.25, -0.2) is 13.6 Å². The van der Waals surface area contributed by atoms with Crippen molar-refractivity contribution in [1.82, 2.24) is 0 Å². The lowest BCUT2D eigenvalue weighted by atomic mass is 10.2. The third kappa shape index (κ3) is 3.93. The number of sulfonamides is 1. The van der Waals surface area contributed by atoms with E-state index in [-0.39, 0.29) is 17.0 Å². The van der Waals surface area contributed by atoms with Crippen molar-refractivity contribution in [1.29, 1.82) is 0 Å². The number of nitrogen functional groups attached to an aromatic ring is 1. The lowest BCUT2D eigenvalue weighted by molar-refractivity contribution is -0.117. The molecule has 0 heterocycles. The van der Waals surface area contributed by atoms with E-state index in [0.717, 1.165) is 0 Å². The average Bonchev–Trinajstić information content (AvgIpc) is 2.14. The lowest BCUT2D eigenvalue weighted by Crippen LogP contribution is -2.16. The van der Waals surface area contributed by atoms with Crippen LogP contribution in [0.1, 0.15) is 6.42 Å². The fourth-order valence-corrected chi connectivity index (χ4v) is 1.89. The second-order valence-corrected chi connectivity index (χ2v) is 4.97. The van der Waals surface area contributed by atoms with Crippen molar-refractivity contribution in [3.05, 3.63) is 18.2 Å². The molecule has 1 aromatic rings. The van der Waals surface area contributed by atoms with Crippen LogP contribution in [0.4, 0.5) is 11.4 Å². The fourth-order valence-electron chi connectivity index (χ4n) is 1.25. The van der Waals surface area contributed by atoms with Gasteiger partial charge in [-0.2, -0.15) is 0 Å². The third-order valence-corrected chi connectivity index (χ3v) is 3.00. The number of nitrogens with two attached hydrogens (primary N) is 3. The van der Waals surface area contributed by atoms with E-state index in [4.69, 9.17) is 16.6 Å². The van der Waals surface area contributed by atoms with Crippen LogP contribution in [0.25, 0.3) is 0 Å². The van der Waals surface area contributed by atoms with E-state index >= 15 is 0 Å². The zero-order valence-corrected chi connectivity index (χ0v) is 9.83. The van der Waals surface area contributed by atoms with Crippen molar-refractivity contribution in [2.24, 2.45) is 10.9 Å². The number of anilines is 2. The summed E-state index contributed by atoms with van der Waals surface area (Å²) in [6.45, 7) is 0.351. The van der Waals surface area contributed by atoms with Gasteiger partial charge in [-0.05, 0) is 18.2 Å². The monoisotopic (exact) mass is 258 g/mol. The maximum atomic E-state index is 11.1. The molecule has 94 valence electrons. The van der Waals surface area contributed by atoms with E-state index in [9.17, 15) is 13.2 Å². The number of benzene rings is 1. The van der Waals surface area contributed by atoms with Crippen LogP contribution >= 0.6 is 0 Å². The third-order valence-electron chi connectivity index (χ3n) is 2.02. The first-order chi connectivity index (χ1) is 7.80. The van der Waals surface area contributed by atoms with E-state index in [0.29, 0.717) is 12.2 Å². The number of nitrogens with one attached hydrogen (secondary N) is 1. The van der Waals surface area contributed by atoms with Crippen LogP contribution in [-0.2, 0) is 14.8 Å². The minimum atomic E-state index is -3.81. The Hall–Kier alpha value is -1.80. The Morgan fingerprint density at radius 3 is 2.47 bits per heavy atom. The Balaban J connectivity index is 2.79. The Labute approximate surface area is 99.0 Å². The summed E-state index contributed by atoms with van der Waals surface area (Å²) in [6.07, 6.45) is 0.177. The predicted molar refractivity (Wildman–Crippen MR) is 64.5 cm³/mol. The standard InChI is InChI=1S/C9H14N4O3S/c10-7-5-6(13-4-3-9(11)14)1-2-8(7)17(12,15)16/h1-2,5,13H,3-4,10H2,(H2,11,14)(H2,12,15,16). The zero-order valence-electron chi connectivity index (χ0n) is 9.01. The molecule has 0 fully saturated rings. The van der Waals surface area contributed by atoms with Crippen LogP contribution < -0.4 is 21.9 Å². The van der Waals surface area contributed by atoms with Crippen molar-refractivity contribution in [2.45, 2.75) is 11.3 Å². The molecule has 0 aliphatic rings. The minimum Gasteiger partial charge on any atom is -0.398 e. The Morgan fingerprint density at radius 1 is 1.35 bits per heavy atom. The number of rotatable bonds is 5. The first-order valence-corrected chi connectivity index (χ1v) is 6.30. The van der Waals surface area contributed by atoms with Crippen LogP contribution in [0.5, 0.6) is 0 Å². The molecule has 8 heteroatoms. The van der Waals surface area contributed by atoms with Gasteiger partial charge in [0.25, 0.3) is 0 Å². The second-order valence-electron chi connectivity index (χ2n) is 3.44. The number of carbonyl (C=O) groups is 1. The van der Waals surface area contributed by atoms with Crippen LogP contribution in [-0.4, -0.2) is 20.9 Å². The average molecular weight is 258 g/mol. The molecule has 0 aliphatic heterocycles. The molecule has 0 spiro atoms. The van der Waals surface area contributed by atoms with Crippen molar-refractivity contribution >= 4 is 27.3 Å². The fraction of sp³-hybridized carbons (Fsp3) is 0.222. The van der Waals surface area contributed by atoms with Gasteiger partial charge in [0.1, 0.15) is 4.90 Å². The van der Waals surface area contributed by atoms with Gasteiger partial charge in [0.15, 0.2) is 0 Å². The smallest absolute Gasteiger partial charge is 0.240 e. The SMILES string of the molecule is NC(=O)CCNc1ccc(S(N)(=O)=O)c(N)c1. The summed E-state index contributed by atoms with van der Waals surface area (Å²) in [5.74, 6) is -0.424. The molecule has 7 nitrogen and oxygen atoms in total. The normalized spacial score (nSPS) is 11.1. The molecule has 17 heavy (non-hydrogen) atoms. The molecule has 1 amide bonds. The van der Waals surface area contributed by atoms with E-state index in [2.05, 4.69) is 5.32 Å². The van der Waals surface area contributed by atoms with Gasteiger partial charge in [-0.3, -0.25) is 4.79 Å². The summed E-state index contributed by atoms with van der Waals surface area (Å²) >= 11 is 0. The van der Waals surface area contributed by atoms with E-state index < -0.39 is 15.9 Å². The molecule has 0 aromatic heterocycles. The Bertz CT molecular complexity index is 527. The quantitative estimate of drug-likeness (QED) is 0.512. The van der Waals surface area contributed by atoms with Crippen molar-refractivity contribution < 1.29 is 13.2 Å². The molecule has 0 atom stereocenters. The number of primary sulfonamides is 1. The van der Waals surface area contributed by atoms with E-state index in [1.54, 1.807) is 0 Å². The molecule has 0 unspecified atom stereocenters. The van der Waals surface area contributed by atoms with Crippen LogP contribution in [0.2, 0.25) is 0 Å². The van der Waals surface area contributed by atoms with Gasteiger partial charge < -0.3 is 16.8 Å². The number of carbonyl (C=O) groups excluding carboxylic acids is 1. The van der Waals surface area contributed by atoms with Crippen molar-refractivity contribution in [3.8, 4) is 0 Å². The Morgan fingerprint density at radius 2 is 2.00 bits per heavy atom. The predicted octanol–water partition coefficient (Wildman–Crippen LogP) is -0.796. The number of hydrogen-bond acceptors (Lipinski definition) is 5. The topological polar surface area (TPSA) is 141 Å². The second kappa shape index (κ2) is 5.02. The number of primary amides is 1. The molecule has 0 saturated heterocycles. The summed E-state index contributed by atoms with van der Waals surface area (Å²) < 4.78 is 22.2. The zero-order chi connectivity index (χ0) is 13.1. The van der Waals surface area contributed by atoms with Gasteiger partial charge in [0, 0.05) is 18.7 Å². The van der Waals surface area contributed by atoms with Gasteiger partial charge in [0.2, 0.25) is 15.9 Å². The van der Waals surface area contributed by atoms with Crippen LogP contribution in [0, 0.1) is 0 Å². The minimum absolute atomic E-state index is 0.0524. The maximum Gasteiger partial charge on any atom is 0.240 e. The van der Waals surface area contributed by atoms with Gasteiger partial charge in [-0.15, -0.1) is 0 Å². The summed E-state index contributed by atoms with van der Waals surface area (Å²) in [6, 6.07) is 4.25. The largest absolute Gasteiger partial charge is 0.398 e. The Kier molecular flexibility index (Phi) is 3.92. The molecule has 1 rings (SSSR count). The molecule has 1 aromatic carbocycles. The van der Waals surface area contributed by atoms with E-state index in [1.165, 1.54) is 18.2 Å². The first kappa shape index (κ1) is 13.3. The molecule has 0 radical (unpaired) electrons. The molecule has 0 bridgehead atoms. The lowest BCUT2D eigenvalue weighted by Gasteiger charge is -2.08. The highest BCUT2D eigenvalue weighted by atomic mass is 32.2. The summed E-state index contributed by atoms with van der Waals surface area (Å²) in [7, 11) is -3.81. The summed E-state index contributed by atoms with van der Waals surface area (Å²) in [4.78, 5) is 10.4. The highest BCUT2D eigenvalue weighted by molar-refractivity contribution is 7.89. The maximum absolute atomic E-state index is 11.1. The summed E-state index contributed by atoms with van der Waals surface area (Å²) in [5.41, 5.74) is 11.2. The molecular weight excluding hydrogens is 244 g/mol. The highest BCUT2D eigenvalue weighted by Gasteiger charge is 2.12. The first-order valence-electron chi connectivity index (χ1n) is 4.75. The van der Waals surface area contributed by atoms with Crippen molar-refractivity contribution in [3.63, 3.8) is 0 Å². The molecule has 7 N–H and O–H groups in total. The molecular formula is C9H14N4O3S. The van der Waals surface area contributed by atoms with Gasteiger partial charge >= 0.3 is 0 Å². The van der Waals surface area contributed by atoms with Crippen molar-refractivity contribution in [2.75, 3.05) is 17.6 Å². The van der Waals surface area contributed by atoms with Gasteiger partial charge in [0.05, 0.1) is 5.69 Å². The van der Waals surface area contributed by atoms with Gasteiger partial charge in [-0.1, -0.05) is 0 Å². The molecule has 0 aliphatic carbocycles. The number of amides is 1. The number of hydrogen-bond donors (Lipinski definition) is 4. The van der Waals surface area contributed by atoms with E-state index in [1.807, 2.05) is 0 Å². The molecule has 0 saturated carbocycles. The highest BCUT2D eigenvalue weighted by Crippen LogP contribution is 2.21. The van der Waals surface area contributed by atoms with Crippen LogP contribution in [0.15, 0.2) is 23.1 Å². The summed E-state index contributed by atoms with van der Waals surface area (Å²) in [5, 5.41) is 7.84.